The van der Waals surface area contributed by atoms with Crippen molar-refractivity contribution < 1.29 is 9.90 Å². The zero-order valence-electron chi connectivity index (χ0n) is 10.1. The number of carbonyl (C=O) groups is 1. The second-order valence-electron chi connectivity index (χ2n) is 4.53. The molecule has 18 heavy (non-hydrogen) atoms. The van der Waals surface area contributed by atoms with Crippen molar-refractivity contribution in [2.75, 3.05) is 13.1 Å². The van der Waals surface area contributed by atoms with Gasteiger partial charge in [-0.1, -0.05) is 23.7 Å². The first-order chi connectivity index (χ1) is 8.65. The second-order valence-corrected chi connectivity index (χ2v) is 4.96. The highest BCUT2D eigenvalue weighted by Crippen LogP contribution is 2.11. The number of nitrogens with one attached hydrogen (secondary N) is 1. The highest BCUT2D eigenvalue weighted by molar-refractivity contribution is 6.30. The number of benzene rings is 1. The van der Waals surface area contributed by atoms with Crippen LogP contribution in [0.4, 0.5) is 4.79 Å². The summed E-state index contributed by atoms with van der Waals surface area (Å²) in [4.78, 5) is 13.5. The number of piperidine rings is 1. The normalized spacial score (nSPS) is 19.7. The minimum absolute atomic E-state index is 0.122. The predicted octanol–water partition coefficient (Wildman–Crippen LogP) is 2.01. The van der Waals surface area contributed by atoms with E-state index in [9.17, 15) is 9.90 Å². The molecule has 1 aromatic carbocycles. The maximum atomic E-state index is 11.9. The number of amides is 2. The first-order valence-electron chi connectivity index (χ1n) is 6.10. The van der Waals surface area contributed by atoms with E-state index in [0.717, 1.165) is 18.4 Å². The molecule has 1 saturated heterocycles. The lowest BCUT2D eigenvalue weighted by atomic mass is 10.1. The fourth-order valence-corrected chi connectivity index (χ4v) is 2.16. The molecule has 4 nitrogen and oxygen atoms in total. The van der Waals surface area contributed by atoms with E-state index >= 15 is 0 Å². The average molecular weight is 269 g/mol. The molecule has 1 atom stereocenters. The molecule has 2 rings (SSSR count). The van der Waals surface area contributed by atoms with E-state index in [-0.39, 0.29) is 12.1 Å². The molecule has 1 unspecified atom stereocenters. The SMILES string of the molecule is O=C(NCc1ccc(Cl)cc1)N1CCCC(O)C1. The van der Waals surface area contributed by atoms with Gasteiger partial charge in [0.2, 0.25) is 0 Å². The second kappa shape index (κ2) is 6.07. The van der Waals surface area contributed by atoms with Crippen molar-refractivity contribution in [2.45, 2.75) is 25.5 Å². The van der Waals surface area contributed by atoms with Crippen LogP contribution in [0.3, 0.4) is 0 Å². The van der Waals surface area contributed by atoms with Crippen LogP contribution in [0.1, 0.15) is 18.4 Å². The molecule has 0 bridgehead atoms. The van der Waals surface area contributed by atoms with Crippen LogP contribution >= 0.6 is 11.6 Å². The Morgan fingerprint density at radius 1 is 1.44 bits per heavy atom. The minimum Gasteiger partial charge on any atom is -0.391 e. The summed E-state index contributed by atoms with van der Waals surface area (Å²) in [5, 5.41) is 13.0. The molecular weight excluding hydrogens is 252 g/mol. The first kappa shape index (κ1) is 13.2. The number of urea groups is 1. The highest BCUT2D eigenvalue weighted by Gasteiger charge is 2.21. The Balaban J connectivity index is 1.82. The Morgan fingerprint density at radius 3 is 2.83 bits per heavy atom. The zero-order chi connectivity index (χ0) is 13.0. The zero-order valence-corrected chi connectivity index (χ0v) is 10.9. The number of carbonyl (C=O) groups excluding carboxylic acids is 1. The summed E-state index contributed by atoms with van der Waals surface area (Å²) in [6.45, 7) is 1.61. The molecule has 1 fully saturated rings. The molecule has 1 aromatic rings. The number of aliphatic hydroxyl groups excluding tert-OH is 1. The van der Waals surface area contributed by atoms with Gasteiger partial charge in [0, 0.05) is 24.7 Å². The monoisotopic (exact) mass is 268 g/mol. The summed E-state index contributed by atoms with van der Waals surface area (Å²) >= 11 is 5.79. The van der Waals surface area contributed by atoms with Gasteiger partial charge >= 0.3 is 6.03 Å². The van der Waals surface area contributed by atoms with E-state index in [1.54, 1.807) is 17.0 Å². The van der Waals surface area contributed by atoms with Gasteiger partial charge in [-0.15, -0.1) is 0 Å². The van der Waals surface area contributed by atoms with Crippen LogP contribution in [0.15, 0.2) is 24.3 Å². The van der Waals surface area contributed by atoms with Crippen molar-refractivity contribution in [2.24, 2.45) is 0 Å². The number of β-amino-alcohol motifs (C(OH)–C–C–N with tert-alkyl or cyclic N) is 1. The van der Waals surface area contributed by atoms with Gasteiger partial charge in [-0.3, -0.25) is 0 Å². The van der Waals surface area contributed by atoms with Crippen LogP contribution < -0.4 is 5.32 Å². The summed E-state index contributed by atoms with van der Waals surface area (Å²) in [5.74, 6) is 0. The third kappa shape index (κ3) is 3.62. The van der Waals surface area contributed by atoms with E-state index in [0.29, 0.717) is 24.7 Å². The first-order valence-corrected chi connectivity index (χ1v) is 6.48. The van der Waals surface area contributed by atoms with Crippen LogP contribution in [0, 0.1) is 0 Å². The van der Waals surface area contributed by atoms with Crippen molar-refractivity contribution in [3.63, 3.8) is 0 Å². The Kier molecular flexibility index (Phi) is 4.44. The van der Waals surface area contributed by atoms with Crippen molar-refractivity contribution in [1.29, 1.82) is 0 Å². The fourth-order valence-electron chi connectivity index (χ4n) is 2.03. The van der Waals surface area contributed by atoms with E-state index in [1.807, 2.05) is 12.1 Å². The summed E-state index contributed by atoms with van der Waals surface area (Å²) in [6, 6.07) is 7.24. The summed E-state index contributed by atoms with van der Waals surface area (Å²) in [6.07, 6.45) is 1.25. The third-order valence-corrected chi connectivity index (χ3v) is 3.29. The molecule has 2 amide bonds. The minimum atomic E-state index is -0.389. The highest BCUT2D eigenvalue weighted by atomic mass is 35.5. The maximum absolute atomic E-state index is 11.9. The van der Waals surface area contributed by atoms with Crippen molar-refractivity contribution >= 4 is 17.6 Å². The van der Waals surface area contributed by atoms with E-state index < -0.39 is 0 Å². The van der Waals surface area contributed by atoms with Crippen LogP contribution in [0.2, 0.25) is 5.02 Å². The number of nitrogens with zero attached hydrogens (tertiary/aromatic N) is 1. The number of likely N-dealkylation sites (tertiary alicyclic amines) is 1. The van der Waals surface area contributed by atoms with E-state index in [1.165, 1.54) is 0 Å². The van der Waals surface area contributed by atoms with Gasteiger partial charge in [0.1, 0.15) is 0 Å². The van der Waals surface area contributed by atoms with Gasteiger partial charge in [0.25, 0.3) is 0 Å². The molecule has 1 heterocycles. The van der Waals surface area contributed by atoms with Gasteiger partial charge in [-0.25, -0.2) is 4.79 Å². The topological polar surface area (TPSA) is 52.6 Å². The molecule has 0 saturated carbocycles. The molecule has 0 aliphatic carbocycles. The maximum Gasteiger partial charge on any atom is 0.317 e. The third-order valence-electron chi connectivity index (χ3n) is 3.04. The smallest absolute Gasteiger partial charge is 0.317 e. The van der Waals surface area contributed by atoms with Gasteiger partial charge < -0.3 is 15.3 Å². The Labute approximate surface area is 112 Å². The lowest BCUT2D eigenvalue weighted by molar-refractivity contribution is 0.0842. The molecule has 0 aromatic heterocycles. The Bertz CT molecular complexity index is 408. The van der Waals surface area contributed by atoms with Crippen LogP contribution in [0.25, 0.3) is 0 Å². The molecule has 2 N–H and O–H groups in total. The van der Waals surface area contributed by atoms with Crippen molar-refractivity contribution in [3.05, 3.63) is 34.9 Å². The molecule has 1 aliphatic rings. The fraction of sp³-hybridized carbons (Fsp3) is 0.462. The van der Waals surface area contributed by atoms with Crippen LogP contribution in [-0.4, -0.2) is 35.2 Å². The number of hydrogen-bond acceptors (Lipinski definition) is 2. The van der Waals surface area contributed by atoms with Gasteiger partial charge in [0.05, 0.1) is 6.10 Å². The molecule has 98 valence electrons. The molecular formula is C13H17ClN2O2. The summed E-state index contributed by atoms with van der Waals surface area (Å²) < 4.78 is 0. The van der Waals surface area contributed by atoms with Crippen LogP contribution in [-0.2, 0) is 6.54 Å². The molecule has 0 spiro atoms. The van der Waals surface area contributed by atoms with Gasteiger partial charge in [0.15, 0.2) is 0 Å². The Morgan fingerprint density at radius 2 is 2.17 bits per heavy atom. The molecule has 0 radical (unpaired) electrons. The number of halogens is 1. The number of aliphatic hydroxyl groups is 1. The van der Waals surface area contributed by atoms with Crippen LogP contribution in [0.5, 0.6) is 0 Å². The lowest BCUT2D eigenvalue weighted by Crippen LogP contribution is -2.46. The lowest BCUT2D eigenvalue weighted by Gasteiger charge is -2.30. The van der Waals surface area contributed by atoms with Crippen molar-refractivity contribution in [3.8, 4) is 0 Å². The molecule has 1 aliphatic heterocycles. The molecule has 5 heteroatoms. The van der Waals surface area contributed by atoms with Gasteiger partial charge in [-0.2, -0.15) is 0 Å². The predicted molar refractivity (Wildman–Crippen MR) is 70.5 cm³/mol. The van der Waals surface area contributed by atoms with Crippen molar-refractivity contribution in [1.82, 2.24) is 10.2 Å². The number of rotatable bonds is 2. The van der Waals surface area contributed by atoms with E-state index in [4.69, 9.17) is 11.6 Å². The Hall–Kier alpha value is -1.26. The standard InChI is InChI=1S/C13H17ClN2O2/c14-11-5-3-10(4-6-11)8-15-13(18)16-7-1-2-12(17)9-16/h3-6,12,17H,1-2,7-9H2,(H,15,18). The quantitative estimate of drug-likeness (QED) is 0.862. The average Bonchev–Trinajstić information content (AvgIpc) is 2.38. The van der Waals surface area contributed by atoms with Gasteiger partial charge in [-0.05, 0) is 30.5 Å². The summed E-state index contributed by atoms with van der Waals surface area (Å²) in [7, 11) is 0. The van der Waals surface area contributed by atoms with E-state index in [2.05, 4.69) is 5.32 Å². The summed E-state index contributed by atoms with van der Waals surface area (Å²) in [5.41, 5.74) is 1.00. The number of hydrogen-bond donors (Lipinski definition) is 2. The largest absolute Gasteiger partial charge is 0.391 e.